The van der Waals surface area contributed by atoms with Crippen LogP contribution in [0.2, 0.25) is 0 Å². The SMILES string of the molecule is [3H][C-](P)C(=O)CNC(=O)C(CSC1CCC1SCC(NC)C(C)=O)NC(=O)CCC(=O)OCCOCCOC(=O)CCC(C)=O. The Hall–Kier alpha value is -2.19. The number of carbonyl (C=O) groups excluding carboxylic acids is 7. The molecule has 0 saturated heterocycles. The fourth-order valence-electron chi connectivity index (χ4n) is 3.62. The summed E-state index contributed by atoms with van der Waals surface area (Å²) in [7, 11) is 3.71. The molecule has 0 aromatic rings. The Balaban J connectivity index is 2.45. The number of hydrogen-bond donors (Lipinski definition) is 3. The summed E-state index contributed by atoms with van der Waals surface area (Å²) in [5, 5.41) is 8.63. The summed E-state index contributed by atoms with van der Waals surface area (Å²) < 4.78 is 22.5. The van der Waals surface area contributed by atoms with Crippen LogP contribution < -0.4 is 16.0 Å². The van der Waals surface area contributed by atoms with Gasteiger partial charge in [0, 0.05) is 47.2 Å². The number of ketones is 3. The number of likely N-dealkylation sites (N-methyl/N-ethyl adjacent to an activating group) is 1. The molecule has 0 heterocycles. The summed E-state index contributed by atoms with van der Waals surface area (Å²) in [5.41, 5.74) is 0. The lowest BCUT2D eigenvalue weighted by molar-refractivity contribution is -0.148. The van der Waals surface area contributed by atoms with E-state index in [1.54, 1.807) is 25.7 Å². The molecule has 1 fully saturated rings. The van der Waals surface area contributed by atoms with Gasteiger partial charge >= 0.3 is 11.9 Å². The van der Waals surface area contributed by atoms with Crippen molar-refractivity contribution < 1.29 is 49.1 Å². The van der Waals surface area contributed by atoms with Crippen molar-refractivity contribution >= 4 is 73.9 Å². The normalized spacial score (nSPS) is 17.2. The third-order valence-electron chi connectivity index (χ3n) is 6.40. The van der Waals surface area contributed by atoms with E-state index in [2.05, 4.69) is 16.0 Å². The Morgan fingerprint density at radius 2 is 1.41 bits per heavy atom. The molecule has 1 aliphatic rings. The van der Waals surface area contributed by atoms with Gasteiger partial charge in [-0.15, -0.1) is 0 Å². The van der Waals surface area contributed by atoms with Gasteiger partial charge < -0.3 is 45.9 Å². The van der Waals surface area contributed by atoms with Crippen LogP contribution in [0.25, 0.3) is 0 Å². The van der Waals surface area contributed by atoms with Crippen LogP contribution in [0, 0.1) is 6.14 Å². The molecule has 16 heteroatoms. The van der Waals surface area contributed by atoms with Crippen molar-refractivity contribution in [3.8, 4) is 0 Å². The molecule has 5 unspecified atom stereocenters. The summed E-state index contributed by atoms with van der Waals surface area (Å²) >= 11 is 3.22. The first-order chi connectivity index (χ1) is 21.3. The fourth-order valence-corrected chi connectivity index (χ4v) is 7.02. The number of nitrogens with one attached hydrogen (secondary N) is 3. The smallest absolute Gasteiger partial charge is 0.306 e. The molecule has 1 saturated carbocycles. The summed E-state index contributed by atoms with van der Waals surface area (Å²) in [6.45, 7) is 2.63. The number of rotatable bonds is 25. The third-order valence-corrected chi connectivity index (χ3v) is 9.93. The van der Waals surface area contributed by atoms with Gasteiger partial charge in [0.15, 0.2) is 0 Å². The fraction of sp³-hybridized carbons (Fsp3) is 0.714. The van der Waals surface area contributed by atoms with Crippen molar-refractivity contribution in [2.24, 2.45) is 0 Å². The maximum atomic E-state index is 12.9. The number of ether oxygens (including phenoxy) is 3. The van der Waals surface area contributed by atoms with Crippen molar-refractivity contribution in [1.29, 1.82) is 0 Å². The van der Waals surface area contributed by atoms with E-state index in [0.717, 1.165) is 12.8 Å². The van der Waals surface area contributed by atoms with Crippen LogP contribution >= 0.6 is 32.8 Å². The molecular formula is C28H45N3O10PS2-. The van der Waals surface area contributed by atoms with Gasteiger partial charge in [-0.05, 0) is 33.7 Å². The molecule has 0 bridgehead atoms. The maximum Gasteiger partial charge on any atom is 0.306 e. The van der Waals surface area contributed by atoms with Gasteiger partial charge in [-0.3, -0.25) is 33.2 Å². The molecule has 0 aromatic heterocycles. The highest BCUT2D eigenvalue weighted by Crippen LogP contribution is 2.40. The van der Waals surface area contributed by atoms with Gasteiger partial charge in [0.2, 0.25) is 11.8 Å². The second-order valence-corrected chi connectivity index (χ2v) is 12.8. The van der Waals surface area contributed by atoms with Gasteiger partial charge in [0.05, 0.1) is 32.1 Å². The first-order valence-electron chi connectivity index (χ1n) is 14.8. The monoisotopic (exact) mass is 680 g/mol. The van der Waals surface area contributed by atoms with Gasteiger partial charge in [-0.2, -0.15) is 24.9 Å². The Bertz CT molecular complexity index is 1020. The van der Waals surface area contributed by atoms with Crippen LogP contribution in [0.4, 0.5) is 0 Å². The standard InChI is InChI=1S/C28H45N3O10PS2/c1-18(32)4-8-26(36)40-12-10-39-11-13-41-27(37)9-7-25(35)31-22(28(38)30-14-20(34)15-42)17-44-24-6-5-23(24)43-16-21(29-3)19(2)33/h15,21-24,29H,4-14,16-17,42H2,1-3H3,(H,30,38)(H,31,35)/q-1/i15T. The molecular weight excluding hydrogens is 633 g/mol. The topological polar surface area (TPSA) is 183 Å². The van der Waals surface area contributed by atoms with Crippen molar-refractivity contribution in [2.45, 2.75) is 75.0 Å². The molecule has 0 radical (unpaired) electrons. The van der Waals surface area contributed by atoms with Crippen molar-refractivity contribution in [1.82, 2.24) is 16.0 Å². The van der Waals surface area contributed by atoms with E-state index in [-0.39, 0.29) is 93.4 Å². The van der Waals surface area contributed by atoms with Gasteiger partial charge in [-0.25, -0.2) is 0 Å². The second kappa shape index (κ2) is 23.2. The lowest BCUT2D eigenvalue weighted by atomic mass is 9.99. The molecule has 2 amide bonds. The number of amides is 2. The molecule has 44 heavy (non-hydrogen) atoms. The molecule has 0 spiro atoms. The number of carbonyl (C=O) groups is 7. The van der Waals surface area contributed by atoms with Crippen molar-refractivity contribution in [3.63, 3.8) is 0 Å². The molecule has 1 rings (SSSR count). The van der Waals surface area contributed by atoms with E-state index in [1.165, 1.54) is 18.7 Å². The van der Waals surface area contributed by atoms with Crippen LogP contribution in [0.1, 0.15) is 53.7 Å². The first-order valence-corrected chi connectivity index (χ1v) is 17.0. The van der Waals surface area contributed by atoms with E-state index in [0.29, 0.717) is 11.0 Å². The third kappa shape index (κ3) is 17.9. The summed E-state index contributed by atoms with van der Waals surface area (Å²) in [6.07, 6.45) is 1.31. The highest BCUT2D eigenvalue weighted by atomic mass is 32.2. The molecule has 3 N–H and O–H groups in total. The van der Waals surface area contributed by atoms with E-state index < -0.39 is 35.6 Å². The predicted octanol–water partition coefficient (Wildman–Crippen LogP) is 0.620. The van der Waals surface area contributed by atoms with Gasteiger partial charge in [0.25, 0.3) is 0 Å². The van der Waals surface area contributed by atoms with Crippen molar-refractivity contribution in [3.05, 3.63) is 6.14 Å². The highest BCUT2D eigenvalue weighted by molar-refractivity contribution is 8.04. The number of esters is 2. The van der Waals surface area contributed by atoms with Crippen LogP contribution in [0.5, 0.6) is 0 Å². The van der Waals surface area contributed by atoms with E-state index in [4.69, 9.17) is 15.6 Å². The van der Waals surface area contributed by atoms with Gasteiger partial charge in [0.1, 0.15) is 30.8 Å². The number of hydrogen-bond acceptors (Lipinski definition) is 13. The van der Waals surface area contributed by atoms with Gasteiger partial charge in [-0.1, -0.05) is 0 Å². The minimum absolute atomic E-state index is 0.00287. The first kappa shape index (κ1) is 38.0. The maximum absolute atomic E-state index is 12.9. The molecule has 0 aromatic carbocycles. The highest BCUT2D eigenvalue weighted by Gasteiger charge is 2.34. The lowest BCUT2D eigenvalue weighted by Crippen LogP contribution is -2.50. The second-order valence-electron chi connectivity index (χ2n) is 9.93. The molecule has 13 nitrogen and oxygen atoms in total. The minimum Gasteiger partial charge on any atom is -0.463 e. The largest absolute Gasteiger partial charge is 0.463 e. The predicted molar refractivity (Wildman–Crippen MR) is 171 cm³/mol. The lowest BCUT2D eigenvalue weighted by Gasteiger charge is -2.37. The number of thioether (sulfide) groups is 2. The van der Waals surface area contributed by atoms with Crippen LogP contribution in [-0.2, 0) is 47.8 Å². The summed E-state index contributed by atoms with van der Waals surface area (Å²) in [6, 6.07) is -1.20. The zero-order chi connectivity index (χ0) is 33.8. The Kier molecular flexibility index (Phi) is 20.0. The summed E-state index contributed by atoms with van der Waals surface area (Å²) in [5.74, 6) is -1.99. The van der Waals surface area contributed by atoms with Crippen LogP contribution in [0.3, 0.4) is 0 Å². The Morgan fingerprint density at radius 3 is 1.89 bits per heavy atom. The molecule has 0 aliphatic heterocycles. The van der Waals surface area contributed by atoms with Crippen LogP contribution in [-0.4, -0.2) is 115 Å². The Labute approximate surface area is 271 Å². The average Bonchev–Trinajstić information content (AvgIpc) is 2.97. The zero-order valence-electron chi connectivity index (χ0n) is 26.5. The quantitative estimate of drug-likeness (QED) is 0.0529. The van der Waals surface area contributed by atoms with Crippen LogP contribution in [0.15, 0.2) is 0 Å². The summed E-state index contributed by atoms with van der Waals surface area (Å²) in [4.78, 5) is 83.3. The average molecular weight is 681 g/mol. The molecule has 5 atom stereocenters. The number of Topliss-reactive ketones (excluding diaryl/α,β-unsaturated/α-hetero) is 3. The van der Waals surface area contributed by atoms with E-state index >= 15 is 0 Å². The Morgan fingerprint density at radius 1 is 0.864 bits per heavy atom. The molecule has 250 valence electrons. The minimum atomic E-state index is -0.969. The van der Waals surface area contributed by atoms with Crippen molar-refractivity contribution in [2.75, 3.05) is 51.5 Å². The van der Waals surface area contributed by atoms with E-state index in [9.17, 15) is 33.6 Å². The molecule has 1 aliphatic carbocycles. The van der Waals surface area contributed by atoms with E-state index in [1.807, 2.05) is 9.24 Å². The zero-order valence-corrected chi connectivity index (χ0v) is 28.3.